The van der Waals surface area contributed by atoms with Gasteiger partial charge in [-0.3, -0.25) is 0 Å². The van der Waals surface area contributed by atoms with E-state index in [1.165, 1.54) is 0 Å². The number of halogens is 1. The number of hydrogen-bond acceptors (Lipinski definition) is 4. The van der Waals surface area contributed by atoms with Crippen LogP contribution in [-0.2, 0) is 13.6 Å². The Morgan fingerprint density at radius 2 is 2.15 bits per heavy atom. The van der Waals surface area contributed by atoms with Gasteiger partial charge in [-0.2, -0.15) is 0 Å². The summed E-state index contributed by atoms with van der Waals surface area (Å²) in [6.07, 6.45) is 3.45. The molecule has 0 saturated heterocycles. The van der Waals surface area contributed by atoms with E-state index in [1.807, 2.05) is 35.9 Å². The van der Waals surface area contributed by atoms with E-state index in [1.54, 1.807) is 12.5 Å². The molecule has 2 N–H and O–H groups in total. The zero-order valence-electron chi connectivity index (χ0n) is 10.9. The molecule has 3 rings (SSSR count). The molecule has 0 aliphatic heterocycles. The molecule has 1 aromatic carbocycles. The zero-order chi connectivity index (χ0) is 14.1. The molecule has 0 fully saturated rings. The highest BCUT2D eigenvalue weighted by Crippen LogP contribution is 2.30. The largest absolute Gasteiger partial charge is 0.437 e. The summed E-state index contributed by atoms with van der Waals surface area (Å²) in [6, 6.07) is 7.62. The third-order valence-corrected chi connectivity index (χ3v) is 3.55. The minimum atomic E-state index is 0.396. The van der Waals surface area contributed by atoms with Crippen LogP contribution in [0.2, 0.25) is 0 Å². The molecule has 6 heteroatoms. The number of imidazole rings is 1. The number of pyridine rings is 1. The highest BCUT2D eigenvalue weighted by Gasteiger charge is 2.11. The van der Waals surface area contributed by atoms with Crippen molar-refractivity contribution in [1.29, 1.82) is 0 Å². The number of hydrogen-bond donors (Lipinski definition) is 1. The van der Waals surface area contributed by atoms with Gasteiger partial charge in [0.15, 0.2) is 5.52 Å². The monoisotopic (exact) mass is 332 g/mol. The van der Waals surface area contributed by atoms with E-state index in [-0.39, 0.29) is 0 Å². The number of nitrogens with two attached hydrogens (primary N) is 1. The number of ether oxygens (including phenoxy) is 1. The molecule has 0 bridgehead atoms. The van der Waals surface area contributed by atoms with Crippen LogP contribution in [0.1, 0.15) is 5.56 Å². The molecule has 2 heterocycles. The number of aryl methyl sites for hydroxylation is 1. The smallest absolute Gasteiger partial charge is 0.247 e. The zero-order valence-corrected chi connectivity index (χ0v) is 12.5. The maximum Gasteiger partial charge on any atom is 0.247 e. The van der Waals surface area contributed by atoms with E-state index in [0.29, 0.717) is 18.2 Å². The van der Waals surface area contributed by atoms with Crippen LogP contribution < -0.4 is 10.5 Å². The lowest BCUT2D eigenvalue weighted by atomic mass is 10.2. The lowest BCUT2D eigenvalue weighted by molar-refractivity contribution is 0.462. The van der Waals surface area contributed by atoms with Gasteiger partial charge in [0.25, 0.3) is 0 Å². The number of aromatic nitrogens is 3. The van der Waals surface area contributed by atoms with Crippen molar-refractivity contribution in [2.45, 2.75) is 6.54 Å². The second-order valence-corrected chi connectivity index (χ2v) is 5.31. The fourth-order valence-corrected chi connectivity index (χ4v) is 2.43. The predicted octanol–water partition coefficient (Wildman–Crippen LogP) is 2.98. The van der Waals surface area contributed by atoms with Gasteiger partial charge in [-0.05, 0) is 24.3 Å². The highest BCUT2D eigenvalue weighted by molar-refractivity contribution is 9.10. The standard InChI is InChI=1S/C14H13BrN4O/c1-19-8-18-13-11(19)4-5-17-14(13)20-12-3-2-10(15)6-9(12)7-16/h2-6,8H,7,16H2,1H3. The van der Waals surface area contributed by atoms with E-state index in [0.717, 1.165) is 21.1 Å². The van der Waals surface area contributed by atoms with Crippen LogP contribution in [0.5, 0.6) is 11.6 Å². The molecule has 20 heavy (non-hydrogen) atoms. The molecule has 0 aliphatic rings. The SMILES string of the molecule is Cn1cnc2c(Oc3ccc(Br)cc3CN)nccc21. The number of benzene rings is 1. The molecule has 3 aromatic rings. The van der Waals surface area contributed by atoms with Crippen LogP contribution >= 0.6 is 15.9 Å². The van der Waals surface area contributed by atoms with Gasteiger partial charge in [-0.15, -0.1) is 0 Å². The van der Waals surface area contributed by atoms with Gasteiger partial charge in [0.05, 0.1) is 11.8 Å². The first-order valence-electron chi connectivity index (χ1n) is 6.11. The first-order valence-corrected chi connectivity index (χ1v) is 6.90. The molecular weight excluding hydrogens is 320 g/mol. The molecule has 0 saturated carbocycles. The van der Waals surface area contributed by atoms with Crippen molar-refractivity contribution in [1.82, 2.24) is 14.5 Å². The third-order valence-electron chi connectivity index (χ3n) is 3.06. The Bertz CT molecular complexity index is 769. The van der Waals surface area contributed by atoms with E-state index in [4.69, 9.17) is 10.5 Å². The molecule has 0 unspecified atom stereocenters. The lowest BCUT2D eigenvalue weighted by Crippen LogP contribution is -2.00. The Labute approximate surface area is 124 Å². The molecule has 5 nitrogen and oxygen atoms in total. The average molecular weight is 333 g/mol. The Morgan fingerprint density at radius 3 is 2.95 bits per heavy atom. The van der Waals surface area contributed by atoms with E-state index >= 15 is 0 Å². The van der Waals surface area contributed by atoms with Crippen molar-refractivity contribution < 1.29 is 4.74 Å². The summed E-state index contributed by atoms with van der Waals surface area (Å²) < 4.78 is 8.79. The second kappa shape index (κ2) is 5.22. The Hall–Kier alpha value is -1.92. The normalized spacial score (nSPS) is 10.9. The Balaban J connectivity index is 2.05. The molecule has 102 valence electrons. The van der Waals surface area contributed by atoms with E-state index < -0.39 is 0 Å². The van der Waals surface area contributed by atoms with Crippen molar-refractivity contribution in [3.8, 4) is 11.6 Å². The van der Waals surface area contributed by atoms with Crippen molar-refractivity contribution in [3.05, 3.63) is 46.8 Å². The molecule has 0 radical (unpaired) electrons. The van der Waals surface area contributed by atoms with Crippen molar-refractivity contribution in [2.75, 3.05) is 0 Å². The van der Waals surface area contributed by atoms with Crippen LogP contribution in [-0.4, -0.2) is 14.5 Å². The summed E-state index contributed by atoms with van der Waals surface area (Å²) in [5.74, 6) is 1.18. The molecule has 0 spiro atoms. The first-order chi connectivity index (χ1) is 9.69. The van der Waals surface area contributed by atoms with Crippen molar-refractivity contribution in [3.63, 3.8) is 0 Å². The minimum absolute atomic E-state index is 0.396. The topological polar surface area (TPSA) is 66.0 Å². The van der Waals surface area contributed by atoms with Crippen molar-refractivity contribution in [2.24, 2.45) is 12.8 Å². The van der Waals surface area contributed by atoms with Gasteiger partial charge >= 0.3 is 0 Å². The van der Waals surface area contributed by atoms with Gasteiger partial charge in [0.2, 0.25) is 5.88 Å². The number of rotatable bonds is 3. The van der Waals surface area contributed by atoms with Crippen LogP contribution in [0.3, 0.4) is 0 Å². The van der Waals surface area contributed by atoms with Gasteiger partial charge in [0, 0.05) is 29.8 Å². The second-order valence-electron chi connectivity index (χ2n) is 4.40. The van der Waals surface area contributed by atoms with Crippen LogP contribution in [0.25, 0.3) is 11.0 Å². The predicted molar refractivity (Wildman–Crippen MR) is 80.6 cm³/mol. The van der Waals surface area contributed by atoms with Crippen molar-refractivity contribution >= 4 is 27.0 Å². The molecule has 2 aromatic heterocycles. The lowest BCUT2D eigenvalue weighted by Gasteiger charge is -2.10. The molecule has 0 amide bonds. The maximum atomic E-state index is 5.89. The minimum Gasteiger partial charge on any atom is -0.437 e. The number of nitrogens with zero attached hydrogens (tertiary/aromatic N) is 3. The van der Waals surface area contributed by atoms with Crippen LogP contribution in [0.15, 0.2) is 41.3 Å². The fourth-order valence-electron chi connectivity index (χ4n) is 2.02. The van der Waals surface area contributed by atoms with Gasteiger partial charge in [0.1, 0.15) is 5.75 Å². The molecule has 0 aliphatic carbocycles. The first kappa shape index (κ1) is 13.1. The molecular formula is C14H13BrN4O. The molecule has 0 atom stereocenters. The summed E-state index contributed by atoms with van der Waals surface area (Å²) in [5, 5.41) is 0. The van der Waals surface area contributed by atoms with Gasteiger partial charge in [-0.1, -0.05) is 15.9 Å². The van der Waals surface area contributed by atoms with E-state index in [2.05, 4.69) is 25.9 Å². The third kappa shape index (κ3) is 2.28. The fraction of sp³-hybridized carbons (Fsp3) is 0.143. The summed E-state index contributed by atoms with van der Waals surface area (Å²) in [4.78, 5) is 8.59. The summed E-state index contributed by atoms with van der Waals surface area (Å²) in [7, 11) is 1.93. The number of fused-ring (bicyclic) bond motifs is 1. The van der Waals surface area contributed by atoms with E-state index in [9.17, 15) is 0 Å². The van der Waals surface area contributed by atoms with Gasteiger partial charge in [-0.25, -0.2) is 9.97 Å². The summed E-state index contributed by atoms with van der Waals surface area (Å²) >= 11 is 3.42. The summed E-state index contributed by atoms with van der Waals surface area (Å²) in [6.45, 7) is 0.396. The maximum absolute atomic E-state index is 5.89. The quantitative estimate of drug-likeness (QED) is 0.800. The summed E-state index contributed by atoms with van der Waals surface area (Å²) in [5.41, 5.74) is 8.37. The van der Waals surface area contributed by atoms with Crippen LogP contribution in [0, 0.1) is 0 Å². The van der Waals surface area contributed by atoms with Gasteiger partial charge < -0.3 is 15.0 Å². The highest BCUT2D eigenvalue weighted by atomic mass is 79.9. The Morgan fingerprint density at radius 1 is 1.30 bits per heavy atom. The Kier molecular flexibility index (Phi) is 3.42. The van der Waals surface area contributed by atoms with Crippen LogP contribution in [0.4, 0.5) is 0 Å². The average Bonchev–Trinajstić information content (AvgIpc) is 2.84.